The summed E-state index contributed by atoms with van der Waals surface area (Å²) in [4.78, 5) is 16.0. The molecule has 0 amide bonds. The van der Waals surface area contributed by atoms with Crippen LogP contribution in [-0.2, 0) is 6.42 Å². The first-order valence-corrected chi connectivity index (χ1v) is 7.81. The largest absolute Gasteiger partial charge is 0.382 e. The van der Waals surface area contributed by atoms with Crippen molar-refractivity contribution in [2.45, 2.75) is 39.0 Å². The normalized spacial score (nSPS) is 14.2. The predicted molar refractivity (Wildman–Crippen MR) is 90.1 cm³/mol. The van der Waals surface area contributed by atoms with E-state index in [1.165, 1.54) is 12.8 Å². The fourth-order valence-electron chi connectivity index (χ4n) is 2.65. The van der Waals surface area contributed by atoms with E-state index >= 15 is 0 Å². The molecule has 0 saturated heterocycles. The van der Waals surface area contributed by atoms with Gasteiger partial charge in [-0.1, -0.05) is 6.92 Å². The van der Waals surface area contributed by atoms with E-state index in [0.717, 1.165) is 40.4 Å². The fraction of sp³-hybridized carbons (Fsp3) is 0.471. The van der Waals surface area contributed by atoms with Crippen molar-refractivity contribution in [3.63, 3.8) is 0 Å². The van der Waals surface area contributed by atoms with Gasteiger partial charge in [-0.15, -0.1) is 0 Å². The fourth-order valence-corrected chi connectivity index (χ4v) is 2.65. The van der Waals surface area contributed by atoms with Gasteiger partial charge in [-0.3, -0.25) is 0 Å². The minimum absolute atomic E-state index is 0.492. The first-order chi connectivity index (χ1) is 10.5. The molecule has 0 aliphatic heterocycles. The van der Waals surface area contributed by atoms with E-state index in [-0.39, 0.29) is 0 Å². The van der Waals surface area contributed by atoms with Gasteiger partial charge in [-0.25, -0.2) is 15.0 Å². The first kappa shape index (κ1) is 14.8. The van der Waals surface area contributed by atoms with Crippen LogP contribution in [0.25, 0.3) is 11.3 Å². The Morgan fingerprint density at radius 2 is 2.00 bits per heavy atom. The molecule has 2 heterocycles. The lowest BCUT2D eigenvalue weighted by Crippen LogP contribution is -2.11. The van der Waals surface area contributed by atoms with E-state index in [2.05, 4.69) is 29.9 Å². The van der Waals surface area contributed by atoms with Crippen molar-refractivity contribution in [3.8, 4) is 11.3 Å². The highest BCUT2D eigenvalue weighted by atomic mass is 15.1. The average Bonchev–Trinajstić information content (AvgIpc) is 3.31. The van der Waals surface area contributed by atoms with E-state index < -0.39 is 0 Å². The molecule has 116 valence electrons. The summed E-state index contributed by atoms with van der Waals surface area (Å²) in [5.41, 5.74) is 11.2. The summed E-state index contributed by atoms with van der Waals surface area (Å²) in [6.45, 7) is 4.18. The number of hydrogen-bond acceptors (Lipinski definition) is 5. The Labute approximate surface area is 131 Å². The van der Waals surface area contributed by atoms with Crippen LogP contribution in [0.15, 0.2) is 12.3 Å². The topological polar surface area (TPSA) is 67.9 Å². The quantitative estimate of drug-likeness (QED) is 0.939. The first-order valence-electron chi connectivity index (χ1n) is 7.81. The summed E-state index contributed by atoms with van der Waals surface area (Å²) in [6, 6.07) is 2.09. The number of aryl methyl sites for hydroxylation is 2. The molecule has 0 bridgehead atoms. The minimum atomic E-state index is 0.492. The van der Waals surface area contributed by atoms with Crippen molar-refractivity contribution in [2.24, 2.45) is 0 Å². The molecule has 2 aromatic heterocycles. The summed E-state index contributed by atoms with van der Waals surface area (Å²) in [5, 5.41) is 0. The molecule has 0 spiro atoms. The van der Waals surface area contributed by atoms with Crippen molar-refractivity contribution in [1.29, 1.82) is 0 Å². The Morgan fingerprint density at radius 3 is 2.55 bits per heavy atom. The maximum atomic E-state index is 6.09. The van der Waals surface area contributed by atoms with Crippen molar-refractivity contribution in [2.75, 3.05) is 24.7 Å². The smallest absolute Gasteiger partial charge is 0.145 e. The number of nitrogens with zero attached hydrogens (tertiary/aromatic N) is 4. The third-order valence-corrected chi connectivity index (χ3v) is 4.13. The van der Waals surface area contributed by atoms with Gasteiger partial charge in [0.1, 0.15) is 11.6 Å². The van der Waals surface area contributed by atoms with Crippen molar-refractivity contribution in [3.05, 3.63) is 29.2 Å². The van der Waals surface area contributed by atoms with Crippen molar-refractivity contribution >= 4 is 11.6 Å². The van der Waals surface area contributed by atoms with E-state index in [1.807, 2.05) is 25.2 Å². The monoisotopic (exact) mass is 297 g/mol. The molecule has 5 nitrogen and oxygen atoms in total. The molecular formula is C17H23N5. The van der Waals surface area contributed by atoms with Gasteiger partial charge in [0.05, 0.1) is 17.1 Å². The van der Waals surface area contributed by atoms with Gasteiger partial charge in [-0.05, 0) is 37.8 Å². The van der Waals surface area contributed by atoms with Crippen LogP contribution in [0, 0.1) is 6.92 Å². The van der Waals surface area contributed by atoms with Gasteiger partial charge in [0.25, 0.3) is 0 Å². The summed E-state index contributed by atoms with van der Waals surface area (Å²) < 4.78 is 0. The van der Waals surface area contributed by atoms with E-state index in [1.54, 1.807) is 0 Å². The standard InChI is InChI=1S/C17H23N5/c1-5-13-16(21-15(11-6-7-11)17(18)20-13)12-9-19-14(22(3)4)8-10(12)2/h8-9,11H,5-7H2,1-4H3,(H2,18,20). The Morgan fingerprint density at radius 1 is 1.27 bits per heavy atom. The highest BCUT2D eigenvalue weighted by Crippen LogP contribution is 2.42. The summed E-state index contributed by atoms with van der Waals surface area (Å²) in [6.07, 6.45) is 5.05. The number of anilines is 2. The zero-order valence-electron chi connectivity index (χ0n) is 13.7. The zero-order valence-corrected chi connectivity index (χ0v) is 13.7. The second-order valence-electron chi connectivity index (χ2n) is 6.17. The molecule has 3 rings (SSSR count). The number of nitrogen functional groups attached to an aromatic ring is 1. The van der Waals surface area contributed by atoms with E-state index in [4.69, 9.17) is 10.7 Å². The van der Waals surface area contributed by atoms with Crippen LogP contribution in [0.4, 0.5) is 11.6 Å². The molecule has 0 atom stereocenters. The summed E-state index contributed by atoms with van der Waals surface area (Å²) in [5.74, 6) is 2.04. The molecule has 1 aliphatic carbocycles. The summed E-state index contributed by atoms with van der Waals surface area (Å²) >= 11 is 0. The van der Waals surface area contributed by atoms with Crippen LogP contribution in [0.3, 0.4) is 0 Å². The lowest BCUT2D eigenvalue weighted by atomic mass is 10.0. The molecule has 0 aromatic carbocycles. The predicted octanol–water partition coefficient (Wildman–Crippen LogP) is 2.94. The van der Waals surface area contributed by atoms with Gasteiger partial charge < -0.3 is 10.6 Å². The molecule has 2 aromatic rings. The number of nitrogens with two attached hydrogens (primary N) is 1. The van der Waals surface area contributed by atoms with E-state index in [0.29, 0.717) is 11.7 Å². The van der Waals surface area contributed by atoms with Gasteiger partial charge in [0, 0.05) is 31.8 Å². The maximum Gasteiger partial charge on any atom is 0.145 e. The number of pyridine rings is 1. The Hall–Kier alpha value is -2.17. The Kier molecular flexibility index (Phi) is 3.72. The zero-order chi connectivity index (χ0) is 15.9. The van der Waals surface area contributed by atoms with Gasteiger partial charge in [-0.2, -0.15) is 0 Å². The van der Waals surface area contributed by atoms with Gasteiger partial charge in [0.2, 0.25) is 0 Å². The van der Waals surface area contributed by atoms with Crippen LogP contribution >= 0.6 is 0 Å². The number of hydrogen-bond donors (Lipinski definition) is 1. The van der Waals surface area contributed by atoms with Crippen LogP contribution in [0.2, 0.25) is 0 Å². The SMILES string of the molecule is CCc1nc(N)c(C2CC2)nc1-c1cnc(N(C)C)cc1C. The van der Waals surface area contributed by atoms with Crippen molar-refractivity contribution in [1.82, 2.24) is 15.0 Å². The van der Waals surface area contributed by atoms with E-state index in [9.17, 15) is 0 Å². The maximum absolute atomic E-state index is 6.09. The van der Waals surface area contributed by atoms with Crippen LogP contribution < -0.4 is 10.6 Å². The molecule has 1 fully saturated rings. The second-order valence-corrected chi connectivity index (χ2v) is 6.17. The van der Waals surface area contributed by atoms with Crippen LogP contribution in [0.1, 0.15) is 42.6 Å². The lowest BCUT2D eigenvalue weighted by Gasteiger charge is -2.16. The van der Waals surface area contributed by atoms with Gasteiger partial charge in [0.15, 0.2) is 0 Å². The second kappa shape index (κ2) is 5.55. The van der Waals surface area contributed by atoms with Gasteiger partial charge >= 0.3 is 0 Å². The average molecular weight is 297 g/mol. The minimum Gasteiger partial charge on any atom is -0.382 e. The third kappa shape index (κ3) is 2.63. The Balaban J connectivity index is 2.12. The van der Waals surface area contributed by atoms with Crippen LogP contribution in [-0.4, -0.2) is 29.0 Å². The Bertz CT molecular complexity index is 704. The molecule has 1 aliphatic rings. The molecule has 2 N–H and O–H groups in total. The molecular weight excluding hydrogens is 274 g/mol. The highest BCUT2D eigenvalue weighted by molar-refractivity contribution is 5.68. The molecule has 0 unspecified atom stereocenters. The number of aromatic nitrogens is 3. The highest BCUT2D eigenvalue weighted by Gasteiger charge is 2.29. The number of rotatable bonds is 4. The van der Waals surface area contributed by atoms with Crippen LogP contribution in [0.5, 0.6) is 0 Å². The molecule has 22 heavy (non-hydrogen) atoms. The molecule has 1 saturated carbocycles. The third-order valence-electron chi connectivity index (χ3n) is 4.13. The molecule has 0 radical (unpaired) electrons. The molecule has 5 heteroatoms. The van der Waals surface area contributed by atoms with Crippen molar-refractivity contribution < 1.29 is 0 Å². The summed E-state index contributed by atoms with van der Waals surface area (Å²) in [7, 11) is 3.99. The lowest BCUT2D eigenvalue weighted by molar-refractivity contribution is 0.943.